The van der Waals surface area contributed by atoms with Gasteiger partial charge in [0.15, 0.2) is 21.3 Å². The average molecular weight is 416 g/mol. The number of benzene rings is 1. The molecule has 3 rings (SSSR count). The van der Waals surface area contributed by atoms with Gasteiger partial charge in [-0.3, -0.25) is 0 Å². The summed E-state index contributed by atoms with van der Waals surface area (Å²) in [5, 5.41) is 12.3. The van der Waals surface area contributed by atoms with Crippen LogP contribution < -0.4 is 16.0 Å². The third-order valence-corrected chi connectivity index (χ3v) is 5.52. The van der Waals surface area contributed by atoms with Crippen molar-refractivity contribution in [1.29, 1.82) is 5.26 Å². The number of nitrogens with zero attached hydrogens (tertiary/aromatic N) is 4. The summed E-state index contributed by atoms with van der Waals surface area (Å²) in [5.74, 6) is 0.770. The van der Waals surface area contributed by atoms with Gasteiger partial charge in [0.25, 0.3) is 0 Å². The summed E-state index contributed by atoms with van der Waals surface area (Å²) >= 11 is 0. The van der Waals surface area contributed by atoms with Crippen molar-refractivity contribution < 1.29 is 17.9 Å². The van der Waals surface area contributed by atoms with Crippen LogP contribution in [0.1, 0.15) is 18.5 Å². The number of nitriles is 1. The molecule has 1 aliphatic rings. The first-order valence-electron chi connectivity index (χ1n) is 8.81. The first-order valence-corrected chi connectivity index (χ1v) is 10.7. The summed E-state index contributed by atoms with van der Waals surface area (Å²) in [6.45, 7) is 1.12. The fraction of sp³-hybridized carbons (Fsp3) is 0.333. The molecule has 1 atom stereocenters. The monoisotopic (exact) mass is 416 g/mol. The summed E-state index contributed by atoms with van der Waals surface area (Å²) < 4.78 is 28.3. The topological polar surface area (TPSA) is 151 Å². The molecule has 1 amide bonds. The van der Waals surface area contributed by atoms with Crippen molar-refractivity contribution in [3.63, 3.8) is 0 Å². The zero-order valence-electron chi connectivity index (χ0n) is 15.7. The van der Waals surface area contributed by atoms with Crippen LogP contribution in [0.25, 0.3) is 0 Å². The molecule has 29 heavy (non-hydrogen) atoms. The maximum absolute atomic E-state index is 11.6. The Morgan fingerprint density at radius 2 is 2.10 bits per heavy atom. The number of piperidine rings is 1. The Morgan fingerprint density at radius 3 is 2.72 bits per heavy atom. The summed E-state index contributed by atoms with van der Waals surface area (Å²) in [6.07, 6.45) is 2.96. The van der Waals surface area contributed by atoms with E-state index < -0.39 is 15.9 Å². The first kappa shape index (κ1) is 20.3. The minimum atomic E-state index is -3.30. The second kappa shape index (κ2) is 8.32. The molecular weight excluding hydrogens is 396 g/mol. The number of carbonyl (C=O) groups excluding carboxylic acids is 1. The largest absolute Gasteiger partial charge is 0.445 e. The van der Waals surface area contributed by atoms with Gasteiger partial charge in [-0.1, -0.05) is 0 Å². The van der Waals surface area contributed by atoms with E-state index in [1.54, 1.807) is 12.1 Å². The summed E-state index contributed by atoms with van der Waals surface area (Å²) in [7, 11) is -3.30. The van der Waals surface area contributed by atoms with Crippen molar-refractivity contribution in [2.24, 2.45) is 5.73 Å². The molecule has 0 radical (unpaired) electrons. The second-order valence-corrected chi connectivity index (χ2v) is 8.62. The molecule has 0 unspecified atom stereocenters. The Labute approximate surface area is 168 Å². The SMILES string of the molecule is CS(=O)(=O)c1ccc(Nc2nc(N3CCC[C@@H](OC(N)=O)C3)cnc2C#N)cc1. The van der Waals surface area contributed by atoms with E-state index in [-0.39, 0.29) is 22.5 Å². The third kappa shape index (κ3) is 5.11. The van der Waals surface area contributed by atoms with Gasteiger partial charge in [0, 0.05) is 18.5 Å². The standard InChI is InChI=1S/C18H20N6O4S/c1-29(26,27)14-6-4-12(5-7-14)22-17-15(9-19)21-10-16(23-17)24-8-2-3-13(11-24)28-18(20)25/h4-7,10,13H,2-3,8,11H2,1H3,(H2,20,25)(H,22,23)/t13-/m1/s1. The molecule has 0 saturated carbocycles. The lowest BCUT2D eigenvalue weighted by Crippen LogP contribution is -2.41. The normalized spacial score (nSPS) is 16.7. The predicted molar refractivity (Wildman–Crippen MR) is 105 cm³/mol. The van der Waals surface area contributed by atoms with Gasteiger partial charge in [-0.05, 0) is 37.1 Å². The zero-order valence-corrected chi connectivity index (χ0v) is 16.5. The summed E-state index contributed by atoms with van der Waals surface area (Å²) in [5.41, 5.74) is 5.77. The van der Waals surface area contributed by atoms with E-state index in [1.165, 1.54) is 18.3 Å². The molecule has 3 N–H and O–H groups in total. The molecule has 0 bridgehead atoms. The molecule has 1 aliphatic heterocycles. The van der Waals surface area contributed by atoms with Gasteiger partial charge in [-0.2, -0.15) is 5.26 Å². The summed E-state index contributed by atoms with van der Waals surface area (Å²) in [4.78, 5) is 21.7. The molecule has 0 spiro atoms. The van der Waals surface area contributed by atoms with Crippen molar-refractivity contribution in [2.45, 2.75) is 23.8 Å². The van der Waals surface area contributed by atoms with Crippen LogP contribution in [0.15, 0.2) is 35.4 Å². The number of amides is 1. The Kier molecular flexibility index (Phi) is 5.84. The molecule has 2 heterocycles. The van der Waals surface area contributed by atoms with Gasteiger partial charge in [-0.25, -0.2) is 23.2 Å². The number of ether oxygens (including phenoxy) is 1. The van der Waals surface area contributed by atoms with Crippen LogP contribution in [0.3, 0.4) is 0 Å². The highest BCUT2D eigenvalue weighted by molar-refractivity contribution is 7.90. The van der Waals surface area contributed by atoms with Crippen LogP contribution in [0.2, 0.25) is 0 Å². The summed E-state index contributed by atoms with van der Waals surface area (Å²) in [6, 6.07) is 8.09. The van der Waals surface area contributed by atoms with Crippen LogP contribution in [0, 0.1) is 11.3 Å². The lowest BCUT2D eigenvalue weighted by atomic mass is 10.1. The Hall–Kier alpha value is -3.39. The second-order valence-electron chi connectivity index (χ2n) is 6.61. The first-order chi connectivity index (χ1) is 13.8. The number of aromatic nitrogens is 2. The number of sulfone groups is 1. The van der Waals surface area contributed by atoms with Gasteiger partial charge in [0.1, 0.15) is 18.0 Å². The number of nitrogens with two attached hydrogens (primary N) is 1. The van der Waals surface area contributed by atoms with Crippen LogP contribution in [0.5, 0.6) is 0 Å². The van der Waals surface area contributed by atoms with Gasteiger partial charge in [-0.15, -0.1) is 0 Å². The van der Waals surface area contributed by atoms with Gasteiger partial charge < -0.3 is 20.7 Å². The van der Waals surface area contributed by atoms with E-state index in [4.69, 9.17) is 10.5 Å². The number of primary amides is 1. The number of anilines is 3. The van der Waals surface area contributed by atoms with E-state index in [2.05, 4.69) is 15.3 Å². The third-order valence-electron chi connectivity index (χ3n) is 4.40. The highest BCUT2D eigenvalue weighted by Gasteiger charge is 2.24. The molecule has 152 valence electrons. The van der Waals surface area contributed by atoms with E-state index in [1.807, 2.05) is 11.0 Å². The fourth-order valence-corrected chi connectivity index (χ4v) is 3.66. The lowest BCUT2D eigenvalue weighted by Gasteiger charge is -2.32. The van der Waals surface area contributed by atoms with Crippen molar-refractivity contribution in [2.75, 3.05) is 29.6 Å². The zero-order chi connectivity index (χ0) is 21.0. The van der Waals surface area contributed by atoms with Crippen molar-refractivity contribution >= 4 is 33.3 Å². The van der Waals surface area contributed by atoms with E-state index in [9.17, 15) is 18.5 Å². The number of carbonyl (C=O) groups is 1. The molecule has 1 fully saturated rings. The average Bonchev–Trinajstić information content (AvgIpc) is 2.67. The Morgan fingerprint density at radius 1 is 1.38 bits per heavy atom. The Bertz CT molecular complexity index is 1050. The quantitative estimate of drug-likeness (QED) is 0.739. The molecule has 1 aromatic heterocycles. The highest BCUT2D eigenvalue weighted by atomic mass is 32.2. The van der Waals surface area contributed by atoms with Gasteiger partial charge in [0.2, 0.25) is 0 Å². The van der Waals surface area contributed by atoms with Crippen molar-refractivity contribution in [3.05, 3.63) is 36.2 Å². The minimum Gasteiger partial charge on any atom is -0.445 e. The molecule has 11 heteroatoms. The van der Waals surface area contributed by atoms with Crippen LogP contribution >= 0.6 is 0 Å². The molecule has 0 aliphatic carbocycles. The van der Waals surface area contributed by atoms with Crippen molar-refractivity contribution in [1.82, 2.24) is 9.97 Å². The smallest absolute Gasteiger partial charge is 0.404 e. The Balaban J connectivity index is 1.82. The fourth-order valence-electron chi connectivity index (χ4n) is 3.03. The maximum Gasteiger partial charge on any atom is 0.404 e. The van der Waals surface area contributed by atoms with Crippen molar-refractivity contribution in [3.8, 4) is 6.07 Å². The van der Waals surface area contributed by atoms with Crippen LogP contribution in [-0.4, -0.2) is 49.9 Å². The van der Waals surface area contributed by atoms with Crippen LogP contribution in [-0.2, 0) is 14.6 Å². The predicted octanol–water partition coefficient (Wildman–Crippen LogP) is 1.56. The maximum atomic E-state index is 11.6. The number of hydrogen-bond donors (Lipinski definition) is 2. The highest BCUT2D eigenvalue weighted by Crippen LogP contribution is 2.24. The molecule has 2 aromatic rings. The van der Waals surface area contributed by atoms with E-state index >= 15 is 0 Å². The molecular formula is C18H20N6O4S. The number of nitrogens with one attached hydrogen (secondary N) is 1. The molecule has 1 aromatic carbocycles. The van der Waals surface area contributed by atoms with E-state index in [0.717, 1.165) is 12.7 Å². The number of hydrogen-bond acceptors (Lipinski definition) is 9. The molecule has 1 saturated heterocycles. The number of rotatable bonds is 5. The molecule has 10 nitrogen and oxygen atoms in total. The lowest BCUT2D eigenvalue weighted by molar-refractivity contribution is 0.0964. The van der Waals surface area contributed by atoms with Crippen LogP contribution in [0.4, 0.5) is 22.1 Å². The minimum absolute atomic E-state index is 0.0999. The van der Waals surface area contributed by atoms with E-state index in [0.29, 0.717) is 31.0 Å². The van der Waals surface area contributed by atoms with Gasteiger partial charge in [0.05, 0.1) is 17.6 Å². The van der Waals surface area contributed by atoms with Gasteiger partial charge >= 0.3 is 6.09 Å².